The first kappa shape index (κ1) is 22.0. The number of thiophene rings is 1. The van der Waals surface area contributed by atoms with Gasteiger partial charge in [-0.15, -0.1) is 11.3 Å². The molecule has 1 saturated heterocycles. The van der Waals surface area contributed by atoms with Gasteiger partial charge in [-0.1, -0.05) is 6.92 Å². The Kier molecular flexibility index (Phi) is 6.50. The van der Waals surface area contributed by atoms with Crippen LogP contribution in [0.3, 0.4) is 0 Å². The van der Waals surface area contributed by atoms with E-state index in [-0.39, 0.29) is 24.4 Å². The maximum absolute atomic E-state index is 9.74. The molecule has 4 rings (SSSR count). The molecular weight excluding hydrogens is 410 g/mol. The first-order chi connectivity index (χ1) is 14.9. The number of anilines is 2. The van der Waals surface area contributed by atoms with Crippen LogP contribution < -0.4 is 10.6 Å². The molecule has 0 saturated carbocycles. The van der Waals surface area contributed by atoms with Crippen molar-refractivity contribution >= 4 is 33.1 Å². The van der Waals surface area contributed by atoms with Crippen LogP contribution in [0, 0.1) is 0 Å². The fourth-order valence-electron chi connectivity index (χ4n) is 3.86. The highest BCUT2D eigenvalue weighted by molar-refractivity contribution is 7.22. The number of hydrogen-bond acceptors (Lipinski definition) is 7. The van der Waals surface area contributed by atoms with Crippen molar-refractivity contribution in [3.05, 3.63) is 24.4 Å². The molecule has 8 heteroatoms. The Morgan fingerprint density at radius 3 is 2.84 bits per heavy atom. The van der Waals surface area contributed by atoms with Gasteiger partial charge in [-0.3, -0.25) is 0 Å². The van der Waals surface area contributed by atoms with E-state index < -0.39 is 0 Å². The molecule has 168 valence electrons. The number of aromatic nitrogens is 3. The summed E-state index contributed by atoms with van der Waals surface area (Å²) in [7, 11) is 0. The molecule has 0 spiro atoms. The van der Waals surface area contributed by atoms with Crippen LogP contribution >= 0.6 is 11.3 Å². The van der Waals surface area contributed by atoms with Crippen LogP contribution in [0.1, 0.15) is 59.6 Å². The highest BCUT2D eigenvalue weighted by Crippen LogP contribution is 2.40. The lowest BCUT2D eigenvalue weighted by atomic mass is 10.1. The van der Waals surface area contributed by atoms with E-state index in [4.69, 9.17) is 9.72 Å². The van der Waals surface area contributed by atoms with Crippen LogP contribution in [0.2, 0.25) is 0 Å². The van der Waals surface area contributed by atoms with Gasteiger partial charge in [0.05, 0.1) is 33.1 Å². The van der Waals surface area contributed by atoms with Gasteiger partial charge in [-0.05, 0) is 58.6 Å². The average Bonchev–Trinajstić information content (AvgIpc) is 3.38. The van der Waals surface area contributed by atoms with Gasteiger partial charge in [0, 0.05) is 30.5 Å². The molecule has 3 aromatic rings. The number of ether oxygens (including phenoxy) is 1. The van der Waals surface area contributed by atoms with E-state index >= 15 is 0 Å². The summed E-state index contributed by atoms with van der Waals surface area (Å²) in [5.74, 6) is 0.823. The fourth-order valence-corrected chi connectivity index (χ4v) is 4.95. The second-order valence-electron chi connectivity index (χ2n) is 9.17. The molecule has 2 atom stereocenters. The molecule has 31 heavy (non-hydrogen) atoms. The lowest BCUT2D eigenvalue weighted by Crippen LogP contribution is -2.27. The van der Waals surface area contributed by atoms with Gasteiger partial charge in [0.1, 0.15) is 5.82 Å². The molecule has 1 aliphatic heterocycles. The first-order valence-electron chi connectivity index (χ1n) is 11.1. The lowest BCUT2D eigenvalue weighted by molar-refractivity contribution is -0.0383. The van der Waals surface area contributed by atoms with E-state index in [1.807, 2.05) is 23.0 Å². The molecule has 0 amide bonds. The van der Waals surface area contributed by atoms with Crippen LogP contribution in [0.15, 0.2) is 24.4 Å². The zero-order valence-corrected chi connectivity index (χ0v) is 19.6. The molecule has 0 aliphatic carbocycles. The Balaban J connectivity index is 1.76. The molecule has 0 radical (unpaired) electrons. The number of pyridine rings is 1. The number of fused-ring (bicyclic) bond motifs is 1. The SMILES string of the molecule is CC[C@H](CO)Nc1cc(NC(C)(C)C)nc2cc(-c3ccnn3C3CCCCO3)sc12. The average molecular weight is 444 g/mol. The summed E-state index contributed by atoms with van der Waals surface area (Å²) in [5.41, 5.74) is 2.88. The van der Waals surface area contributed by atoms with Crippen LogP contribution in [0.4, 0.5) is 11.5 Å². The molecule has 4 heterocycles. The zero-order valence-electron chi connectivity index (χ0n) is 18.8. The van der Waals surface area contributed by atoms with Gasteiger partial charge in [0.25, 0.3) is 0 Å². The molecule has 1 aliphatic rings. The Labute approximate surface area is 187 Å². The molecule has 0 aromatic carbocycles. The number of nitrogens with one attached hydrogen (secondary N) is 2. The van der Waals surface area contributed by atoms with Gasteiger partial charge in [0.2, 0.25) is 0 Å². The quantitative estimate of drug-likeness (QED) is 0.462. The smallest absolute Gasteiger partial charge is 0.150 e. The second kappa shape index (κ2) is 9.14. The Morgan fingerprint density at radius 2 is 2.16 bits per heavy atom. The standard InChI is InChI=1S/C23H33N5O2S/c1-5-15(14-29)25-17-13-20(27-23(2,3)4)26-16-12-19(31-22(16)17)18-9-10-24-28(18)21-8-6-7-11-30-21/h9-10,12-13,15,21,29H,5-8,11,14H2,1-4H3,(H2,25,26,27)/t15-,21?/m1/s1. The topological polar surface area (TPSA) is 84.2 Å². The molecular formula is C23H33N5O2S. The largest absolute Gasteiger partial charge is 0.394 e. The summed E-state index contributed by atoms with van der Waals surface area (Å²) in [5, 5.41) is 21.3. The van der Waals surface area contributed by atoms with Crippen molar-refractivity contribution in [1.82, 2.24) is 14.8 Å². The van der Waals surface area contributed by atoms with Gasteiger partial charge in [-0.25, -0.2) is 9.67 Å². The monoisotopic (exact) mass is 443 g/mol. The summed E-state index contributed by atoms with van der Waals surface area (Å²) in [6, 6.07) is 6.23. The third-order valence-electron chi connectivity index (χ3n) is 5.41. The van der Waals surface area contributed by atoms with E-state index in [1.165, 1.54) is 0 Å². The maximum atomic E-state index is 9.74. The third-order valence-corrected chi connectivity index (χ3v) is 6.59. The highest BCUT2D eigenvalue weighted by atomic mass is 32.1. The summed E-state index contributed by atoms with van der Waals surface area (Å²) in [4.78, 5) is 6.00. The van der Waals surface area contributed by atoms with Crippen molar-refractivity contribution in [3.63, 3.8) is 0 Å². The van der Waals surface area contributed by atoms with Crippen molar-refractivity contribution in [1.29, 1.82) is 0 Å². The summed E-state index contributed by atoms with van der Waals surface area (Å²) >= 11 is 1.70. The lowest BCUT2D eigenvalue weighted by Gasteiger charge is -2.24. The number of hydrogen-bond donors (Lipinski definition) is 3. The number of nitrogens with zero attached hydrogens (tertiary/aromatic N) is 3. The fraction of sp³-hybridized carbons (Fsp3) is 0.565. The van der Waals surface area contributed by atoms with E-state index in [0.29, 0.717) is 0 Å². The maximum Gasteiger partial charge on any atom is 0.150 e. The van der Waals surface area contributed by atoms with E-state index in [2.05, 4.69) is 49.5 Å². The van der Waals surface area contributed by atoms with Gasteiger partial charge in [0.15, 0.2) is 6.23 Å². The van der Waals surface area contributed by atoms with Crippen molar-refractivity contribution in [3.8, 4) is 10.6 Å². The van der Waals surface area contributed by atoms with Crippen LogP contribution in [-0.4, -0.2) is 44.7 Å². The second-order valence-corrected chi connectivity index (χ2v) is 10.2. The normalized spacial score (nSPS) is 18.3. The summed E-state index contributed by atoms with van der Waals surface area (Å²) in [6.07, 6.45) is 5.93. The highest BCUT2D eigenvalue weighted by Gasteiger charge is 2.22. The van der Waals surface area contributed by atoms with E-state index in [0.717, 1.165) is 64.6 Å². The number of aliphatic hydroxyl groups excluding tert-OH is 1. The summed E-state index contributed by atoms with van der Waals surface area (Å²) < 4.78 is 9.07. The van der Waals surface area contributed by atoms with Crippen LogP contribution in [0.5, 0.6) is 0 Å². The van der Waals surface area contributed by atoms with Gasteiger partial charge < -0.3 is 20.5 Å². The van der Waals surface area contributed by atoms with Crippen molar-refractivity contribution in [2.24, 2.45) is 0 Å². The minimum atomic E-state index is -0.102. The molecule has 3 aromatic heterocycles. The number of aliphatic hydroxyl groups is 1. The molecule has 1 fully saturated rings. The van der Waals surface area contributed by atoms with Gasteiger partial charge in [-0.2, -0.15) is 5.10 Å². The Morgan fingerprint density at radius 1 is 1.32 bits per heavy atom. The third kappa shape index (κ3) is 5.02. The van der Waals surface area contributed by atoms with E-state index in [9.17, 15) is 5.11 Å². The minimum Gasteiger partial charge on any atom is -0.394 e. The van der Waals surface area contributed by atoms with E-state index in [1.54, 1.807) is 11.3 Å². The molecule has 1 unspecified atom stereocenters. The molecule has 0 bridgehead atoms. The zero-order chi connectivity index (χ0) is 22.0. The predicted octanol–water partition coefficient (Wildman–Crippen LogP) is 5.25. The molecule has 7 nitrogen and oxygen atoms in total. The van der Waals surface area contributed by atoms with Crippen molar-refractivity contribution in [2.45, 2.75) is 71.2 Å². The molecule has 3 N–H and O–H groups in total. The van der Waals surface area contributed by atoms with Crippen molar-refractivity contribution in [2.75, 3.05) is 23.8 Å². The first-order valence-corrected chi connectivity index (χ1v) is 11.9. The Hall–Kier alpha value is -2.16. The predicted molar refractivity (Wildman–Crippen MR) is 128 cm³/mol. The number of rotatable bonds is 7. The minimum absolute atomic E-state index is 0.000182. The van der Waals surface area contributed by atoms with Crippen LogP contribution in [0.25, 0.3) is 20.8 Å². The van der Waals surface area contributed by atoms with Crippen LogP contribution in [-0.2, 0) is 4.74 Å². The summed E-state index contributed by atoms with van der Waals surface area (Å²) in [6.45, 7) is 9.31. The van der Waals surface area contributed by atoms with Gasteiger partial charge >= 0.3 is 0 Å². The Bertz CT molecular complexity index is 1010. The van der Waals surface area contributed by atoms with Crippen molar-refractivity contribution < 1.29 is 9.84 Å².